The zero-order valence-electron chi connectivity index (χ0n) is 14.6. The van der Waals surface area contributed by atoms with Gasteiger partial charge in [-0.1, -0.05) is 23.2 Å². The van der Waals surface area contributed by atoms with Crippen LogP contribution in [-0.2, 0) is 0 Å². The predicted molar refractivity (Wildman–Crippen MR) is 105 cm³/mol. The number of amides is 2. The lowest BCUT2D eigenvalue weighted by atomic mass is 10.3. The molecule has 1 aliphatic rings. The molecule has 0 atom stereocenters. The number of benzene rings is 1. The minimum absolute atomic E-state index is 0.161. The largest absolute Gasteiger partial charge is 0.352 e. The number of anilines is 2. The highest BCUT2D eigenvalue weighted by Gasteiger charge is 2.22. The molecule has 0 bridgehead atoms. The van der Waals surface area contributed by atoms with Gasteiger partial charge in [0.15, 0.2) is 11.5 Å². The minimum atomic E-state index is -0.161. The molecule has 2 aromatic heterocycles. The molecule has 1 fully saturated rings. The number of piperazine rings is 1. The highest BCUT2D eigenvalue weighted by Crippen LogP contribution is 2.25. The van der Waals surface area contributed by atoms with E-state index in [1.807, 2.05) is 19.1 Å². The van der Waals surface area contributed by atoms with Crippen LogP contribution in [0.1, 0.15) is 5.82 Å². The second-order valence-electron chi connectivity index (χ2n) is 6.24. The number of hydrogen-bond donors (Lipinski definition) is 1. The van der Waals surface area contributed by atoms with Gasteiger partial charge in [0, 0.05) is 31.9 Å². The number of fused-ring (bicyclic) bond motifs is 1. The van der Waals surface area contributed by atoms with Crippen LogP contribution in [0.15, 0.2) is 30.3 Å². The molecule has 4 rings (SSSR count). The van der Waals surface area contributed by atoms with Crippen molar-refractivity contribution >= 4 is 46.4 Å². The quantitative estimate of drug-likeness (QED) is 0.708. The summed E-state index contributed by atoms with van der Waals surface area (Å²) in [5.74, 6) is 1.58. The van der Waals surface area contributed by atoms with Crippen molar-refractivity contribution in [3.8, 4) is 0 Å². The molecule has 140 valence electrons. The smallest absolute Gasteiger partial charge is 0.321 e. The van der Waals surface area contributed by atoms with E-state index < -0.39 is 0 Å². The highest BCUT2D eigenvalue weighted by molar-refractivity contribution is 6.42. The molecule has 0 unspecified atom stereocenters. The first-order valence-electron chi connectivity index (χ1n) is 8.46. The number of nitrogens with zero attached hydrogens (tertiary/aromatic N) is 6. The van der Waals surface area contributed by atoms with E-state index in [0.717, 1.165) is 17.3 Å². The molecule has 0 radical (unpaired) electrons. The Kier molecular flexibility index (Phi) is 4.75. The van der Waals surface area contributed by atoms with E-state index in [-0.39, 0.29) is 6.03 Å². The van der Waals surface area contributed by atoms with Gasteiger partial charge in [0.25, 0.3) is 0 Å². The third kappa shape index (κ3) is 3.63. The summed E-state index contributed by atoms with van der Waals surface area (Å²) < 4.78 is 1.72. The summed E-state index contributed by atoms with van der Waals surface area (Å²) in [4.78, 5) is 16.4. The summed E-state index contributed by atoms with van der Waals surface area (Å²) in [6.07, 6.45) is 0. The maximum atomic E-state index is 12.5. The first-order chi connectivity index (χ1) is 13.0. The third-order valence-corrected chi connectivity index (χ3v) is 5.21. The van der Waals surface area contributed by atoms with Crippen molar-refractivity contribution in [2.45, 2.75) is 6.92 Å². The van der Waals surface area contributed by atoms with E-state index in [1.165, 1.54) is 0 Å². The third-order valence-electron chi connectivity index (χ3n) is 4.47. The van der Waals surface area contributed by atoms with Gasteiger partial charge in [-0.15, -0.1) is 15.3 Å². The van der Waals surface area contributed by atoms with Gasteiger partial charge in [-0.3, -0.25) is 0 Å². The van der Waals surface area contributed by atoms with Crippen molar-refractivity contribution in [2.24, 2.45) is 0 Å². The average molecular weight is 406 g/mol. The summed E-state index contributed by atoms with van der Waals surface area (Å²) in [7, 11) is 0. The molecule has 2 amide bonds. The fourth-order valence-electron chi connectivity index (χ4n) is 2.97. The lowest BCUT2D eigenvalue weighted by Crippen LogP contribution is -2.50. The number of halogens is 2. The Morgan fingerprint density at radius 1 is 1.04 bits per heavy atom. The van der Waals surface area contributed by atoms with Crippen LogP contribution in [0, 0.1) is 6.92 Å². The van der Waals surface area contributed by atoms with E-state index in [1.54, 1.807) is 27.6 Å². The summed E-state index contributed by atoms with van der Waals surface area (Å²) in [5, 5.41) is 16.4. The van der Waals surface area contributed by atoms with Crippen LogP contribution in [0.5, 0.6) is 0 Å². The summed E-state index contributed by atoms with van der Waals surface area (Å²) in [5.41, 5.74) is 1.34. The number of nitrogens with one attached hydrogen (secondary N) is 1. The van der Waals surface area contributed by atoms with Crippen molar-refractivity contribution in [1.29, 1.82) is 0 Å². The van der Waals surface area contributed by atoms with Crippen LogP contribution in [0.3, 0.4) is 0 Å². The standard InChI is InChI=1S/C17H17Cl2N7O/c1-11-21-22-15-4-5-16(23-26(11)15)24-6-8-25(9-7-24)17(27)20-12-2-3-13(18)14(19)10-12/h2-5,10H,6-9H2,1H3,(H,20,27). The van der Waals surface area contributed by atoms with Crippen molar-refractivity contribution < 1.29 is 4.79 Å². The maximum Gasteiger partial charge on any atom is 0.321 e. The van der Waals surface area contributed by atoms with Gasteiger partial charge in [-0.2, -0.15) is 4.52 Å². The normalized spacial score (nSPS) is 14.6. The Morgan fingerprint density at radius 3 is 2.56 bits per heavy atom. The zero-order chi connectivity index (χ0) is 19.0. The van der Waals surface area contributed by atoms with E-state index in [4.69, 9.17) is 23.2 Å². The van der Waals surface area contributed by atoms with Gasteiger partial charge in [0.05, 0.1) is 10.0 Å². The van der Waals surface area contributed by atoms with Gasteiger partial charge >= 0.3 is 6.03 Å². The molecule has 0 saturated carbocycles. The number of aromatic nitrogens is 4. The number of aryl methyl sites for hydroxylation is 1. The van der Waals surface area contributed by atoms with E-state index >= 15 is 0 Å². The molecule has 0 aliphatic carbocycles. The number of carbonyl (C=O) groups is 1. The van der Waals surface area contributed by atoms with Crippen molar-refractivity contribution in [1.82, 2.24) is 24.7 Å². The second-order valence-corrected chi connectivity index (χ2v) is 7.06. The molecule has 8 nitrogen and oxygen atoms in total. The first kappa shape index (κ1) is 17.8. The molecular weight excluding hydrogens is 389 g/mol. The molecule has 3 heterocycles. The molecule has 1 aromatic carbocycles. The molecule has 0 spiro atoms. The molecule has 3 aromatic rings. The molecule has 10 heteroatoms. The molecular formula is C17H17Cl2N7O. The maximum absolute atomic E-state index is 12.5. The molecule has 1 saturated heterocycles. The fraction of sp³-hybridized carbons (Fsp3) is 0.294. The van der Waals surface area contributed by atoms with Crippen LogP contribution < -0.4 is 10.2 Å². The van der Waals surface area contributed by atoms with Crippen LogP contribution in [-0.4, -0.2) is 56.9 Å². The predicted octanol–water partition coefficient (Wildman–Crippen LogP) is 3.09. The van der Waals surface area contributed by atoms with Crippen LogP contribution in [0.25, 0.3) is 5.65 Å². The zero-order valence-corrected chi connectivity index (χ0v) is 16.1. The van der Waals surface area contributed by atoms with Gasteiger partial charge in [-0.25, -0.2) is 4.79 Å². The van der Waals surface area contributed by atoms with Gasteiger partial charge in [0.1, 0.15) is 5.82 Å². The Hall–Kier alpha value is -2.58. The number of hydrogen-bond acceptors (Lipinski definition) is 5. The lowest BCUT2D eigenvalue weighted by molar-refractivity contribution is 0.208. The van der Waals surface area contributed by atoms with E-state index in [0.29, 0.717) is 41.9 Å². The monoisotopic (exact) mass is 405 g/mol. The van der Waals surface area contributed by atoms with Crippen LogP contribution in [0.2, 0.25) is 10.0 Å². The van der Waals surface area contributed by atoms with Crippen molar-refractivity contribution in [3.05, 3.63) is 46.2 Å². The molecule has 1 N–H and O–H groups in total. The van der Waals surface area contributed by atoms with E-state index in [9.17, 15) is 4.79 Å². The van der Waals surface area contributed by atoms with Gasteiger partial charge < -0.3 is 15.1 Å². The van der Waals surface area contributed by atoms with Gasteiger partial charge in [-0.05, 0) is 37.3 Å². The number of rotatable bonds is 2. The fourth-order valence-corrected chi connectivity index (χ4v) is 3.27. The number of urea groups is 1. The highest BCUT2D eigenvalue weighted by atomic mass is 35.5. The Labute approximate surface area is 165 Å². The summed E-state index contributed by atoms with van der Waals surface area (Å²) >= 11 is 11.9. The lowest BCUT2D eigenvalue weighted by Gasteiger charge is -2.35. The van der Waals surface area contributed by atoms with Crippen molar-refractivity contribution in [2.75, 3.05) is 36.4 Å². The molecule has 1 aliphatic heterocycles. The van der Waals surface area contributed by atoms with E-state index in [2.05, 4.69) is 25.5 Å². The van der Waals surface area contributed by atoms with Crippen LogP contribution >= 0.6 is 23.2 Å². The van der Waals surface area contributed by atoms with Gasteiger partial charge in [0.2, 0.25) is 0 Å². The van der Waals surface area contributed by atoms with Crippen LogP contribution in [0.4, 0.5) is 16.3 Å². The Morgan fingerprint density at radius 2 is 1.81 bits per heavy atom. The topological polar surface area (TPSA) is 78.7 Å². The summed E-state index contributed by atoms with van der Waals surface area (Å²) in [6, 6.07) is 8.68. The molecule has 27 heavy (non-hydrogen) atoms. The van der Waals surface area contributed by atoms with Crippen molar-refractivity contribution in [3.63, 3.8) is 0 Å². The summed E-state index contributed by atoms with van der Waals surface area (Å²) in [6.45, 7) is 4.42. The minimum Gasteiger partial charge on any atom is -0.352 e. The second kappa shape index (κ2) is 7.21. The number of carbonyl (C=O) groups excluding carboxylic acids is 1. The Bertz CT molecular complexity index is 998. The Balaban J connectivity index is 1.39. The first-order valence-corrected chi connectivity index (χ1v) is 9.22. The average Bonchev–Trinajstić information content (AvgIpc) is 3.05. The SMILES string of the molecule is Cc1nnc2ccc(N3CCN(C(=O)Nc4ccc(Cl)c(Cl)c4)CC3)nn12.